The number of halogens is 1. The molecular formula is C13H20ClN3. The summed E-state index contributed by atoms with van der Waals surface area (Å²) < 4.78 is 0. The predicted octanol–water partition coefficient (Wildman–Crippen LogP) is 3.63. The summed E-state index contributed by atoms with van der Waals surface area (Å²) in [5, 5.41) is 0.592. The topological polar surface area (TPSA) is 29.0 Å². The lowest BCUT2D eigenvalue weighted by Crippen LogP contribution is -2.30. The van der Waals surface area contributed by atoms with E-state index in [0.29, 0.717) is 17.1 Å². The highest BCUT2D eigenvalue weighted by atomic mass is 35.5. The van der Waals surface area contributed by atoms with Crippen LogP contribution in [0.2, 0.25) is 5.15 Å². The van der Waals surface area contributed by atoms with Crippen molar-refractivity contribution in [2.45, 2.75) is 51.5 Å². The Morgan fingerprint density at radius 2 is 1.94 bits per heavy atom. The van der Waals surface area contributed by atoms with E-state index < -0.39 is 0 Å². The van der Waals surface area contributed by atoms with Gasteiger partial charge in [-0.1, -0.05) is 38.3 Å². The van der Waals surface area contributed by atoms with Gasteiger partial charge in [0.15, 0.2) is 0 Å². The lowest BCUT2D eigenvalue weighted by atomic mass is 10.0. The summed E-state index contributed by atoms with van der Waals surface area (Å²) in [5.74, 6) is 1.36. The highest BCUT2D eigenvalue weighted by molar-refractivity contribution is 6.30. The Bertz CT molecular complexity index is 386. The Morgan fingerprint density at radius 3 is 2.53 bits per heavy atom. The molecule has 0 aliphatic heterocycles. The molecule has 0 unspecified atom stereocenters. The quantitative estimate of drug-likeness (QED) is 0.771. The van der Waals surface area contributed by atoms with Gasteiger partial charge in [-0.05, 0) is 18.8 Å². The first-order chi connectivity index (χ1) is 8.11. The van der Waals surface area contributed by atoms with Crippen molar-refractivity contribution in [1.82, 2.24) is 9.97 Å². The zero-order chi connectivity index (χ0) is 12.4. The molecule has 1 aromatic heterocycles. The maximum absolute atomic E-state index is 6.20. The van der Waals surface area contributed by atoms with Gasteiger partial charge < -0.3 is 4.90 Å². The lowest BCUT2D eigenvalue weighted by molar-refractivity contribution is 0.639. The molecule has 0 N–H and O–H groups in total. The molecule has 1 aliphatic rings. The van der Waals surface area contributed by atoms with Crippen LogP contribution in [0.5, 0.6) is 0 Å². The highest BCUT2D eigenvalue weighted by Crippen LogP contribution is 2.33. The van der Waals surface area contributed by atoms with Crippen molar-refractivity contribution in [1.29, 1.82) is 0 Å². The Morgan fingerprint density at radius 1 is 1.29 bits per heavy atom. The monoisotopic (exact) mass is 253 g/mol. The molecular weight excluding hydrogens is 234 g/mol. The largest absolute Gasteiger partial charge is 0.356 e. The van der Waals surface area contributed by atoms with Crippen molar-refractivity contribution < 1.29 is 0 Å². The molecule has 1 heterocycles. The molecule has 0 radical (unpaired) electrons. The molecule has 2 rings (SSSR count). The normalized spacial score (nSPS) is 16.8. The van der Waals surface area contributed by atoms with Crippen LogP contribution in [0, 0.1) is 0 Å². The van der Waals surface area contributed by atoms with Crippen molar-refractivity contribution in [3.63, 3.8) is 0 Å². The van der Waals surface area contributed by atoms with Gasteiger partial charge in [-0.25, -0.2) is 9.97 Å². The van der Waals surface area contributed by atoms with Crippen LogP contribution in [0.15, 0.2) is 6.33 Å². The third-order valence-electron chi connectivity index (χ3n) is 3.60. The Hall–Kier alpha value is -0.830. The van der Waals surface area contributed by atoms with Crippen molar-refractivity contribution >= 4 is 17.4 Å². The van der Waals surface area contributed by atoms with Crippen LogP contribution in [0.1, 0.15) is 51.0 Å². The maximum Gasteiger partial charge on any atom is 0.138 e. The minimum Gasteiger partial charge on any atom is -0.356 e. The van der Waals surface area contributed by atoms with Gasteiger partial charge in [0.2, 0.25) is 0 Å². The number of rotatable bonds is 3. The molecule has 0 aromatic carbocycles. The molecule has 0 spiro atoms. The molecule has 4 heteroatoms. The van der Waals surface area contributed by atoms with Crippen LogP contribution < -0.4 is 4.90 Å². The smallest absolute Gasteiger partial charge is 0.138 e. The molecule has 0 saturated heterocycles. The van der Waals surface area contributed by atoms with Crippen LogP contribution in [0.4, 0.5) is 5.82 Å². The van der Waals surface area contributed by atoms with E-state index in [1.165, 1.54) is 25.7 Å². The average Bonchev–Trinajstić information content (AvgIpc) is 2.80. The molecule has 1 saturated carbocycles. The molecule has 0 amide bonds. The molecule has 0 bridgehead atoms. The number of anilines is 1. The summed E-state index contributed by atoms with van der Waals surface area (Å²) in [6.45, 7) is 4.27. The molecule has 1 fully saturated rings. The van der Waals surface area contributed by atoms with E-state index in [1.807, 2.05) is 0 Å². The SMILES string of the molecule is CC(C)c1c(Cl)ncnc1N(C)C1CCCC1. The van der Waals surface area contributed by atoms with Gasteiger partial charge in [0.1, 0.15) is 17.3 Å². The lowest BCUT2D eigenvalue weighted by Gasteiger charge is -2.28. The van der Waals surface area contributed by atoms with Crippen LogP contribution >= 0.6 is 11.6 Å². The standard InChI is InChI=1S/C13H20ClN3/c1-9(2)11-12(14)15-8-16-13(11)17(3)10-6-4-5-7-10/h8-10H,4-7H2,1-3H3. The Balaban J connectivity index is 2.33. The fraction of sp³-hybridized carbons (Fsp3) is 0.692. The molecule has 3 nitrogen and oxygen atoms in total. The molecule has 17 heavy (non-hydrogen) atoms. The highest BCUT2D eigenvalue weighted by Gasteiger charge is 2.24. The van der Waals surface area contributed by atoms with Crippen LogP contribution in [0.3, 0.4) is 0 Å². The van der Waals surface area contributed by atoms with Gasteiger partial charge in [0.25, 0.3) is 0 Å². The minimum absolute atomic E-state index is 0.350. The third kappa shape index (κ3) is 2.54. The second-order valence-electron chi connectivity index (χ2n) is 5.11. The molecule has 94 valence electrons. The third-order valence-corrected chi connectivity index (χ3v) is 3.90. The van der Waals surface area contributed by atoms with E-state index in [4.69, 9.17) is 11.6 Å². The fourth-order valence-electron chi connectivity index (χ4n) is 2.61. The van der Waals surface area contributed by atoms with Gasteiger partial charge in [-0.2, -0.15) is 0 Å². The summed E-state index contributed by atoms with van der Waals surface area (Å²) in [5.41, 5.74) is 1.07. The Labute approximate surface area is 108 Å². The summed E-state index contributed by atoms with van der Waals surface area (Å²) in [4.78, 5) is 10.8. The van der Waals surface area contributed by atoms with E-state index >= 15 is 0 Å². The van der Waals surface area contributed by atoms with Crippen molar-refractivity contribution in [2.24, 2.45) is 0 Å². The maximum atomic E-state index is 6.20. The predicted molar refractivity (Wildman–Crippen MR) is 71.8 cm³/mol. The second-order valence-corrected chi connectivity index (χ2v) is 5.46. The summed E-state index contributed by atoms with van der Waals surface area (Å²) in [7, 11) is 2.13. The van der Waals surface area contributed by atoms with Crippen LogP contribution in [0.25, 0.3) is 0 Å². The van der Waals surface area contributed by atoms with E-state index in [1.54, 1.807) is 6.33 Å². The van der Waals surface area contributed by atoms with Gasteiger partial charge >= 0.3 is 0 Å². The van der Waals surface area contributed by atoms with E-state index in [9.17, 15) is 0 Å². The molecule has 1 aliphatic carbocycles. The molecule has 1 aromatic rings. The van der Waals surface area contributed by atoms with Gasteiger partial charge in [-0.15, -0.1) is 0 Å². The minimum atomic E-state index is 0.350. The van der Waals surface area contributed by atoms with Crippen LogP contribution in [-0.4, -0.2) is 23.1 Å². The molecule has 0 atom stereocenters. The number of hydrogen-bond donors (Lipinski definition) is 0. The first kappa shape index (κ1) is 12.6. The van der Waals surface area contributed by atoms with Crippen LogP contribution in [-0.2, 0) is 0 Å². The first-order valence-electron chi connectivity index (χ1n) is 6.34. The zero-order valence-corrected chi connectivity index (χ0v) is 11.5. The summed E-state index contributed by atoms with van der Waals surface area (Å²) in [6.07, 6.45) is 6.73. The summed E-state index contributed by atoms with van der Waals surface area (Å²) in [6, 6.07) is 0.610. The van der Waals surface area contributed by atoms with Gasteiger partial charge in [0, 0.05) is 18.7 Å². The van der Waals surface area contributed by atoms with Crippen molar-refractivity contribution in [3.05, 3.63) is 17.0 Å². The number of aromatic nitrogens is 2. The van der Waals surface area contributed by atoms with Crippen molar-refractivity contribution in [3.8, 4) is 0 Å². The number of nitrogens with zero attached hydrogens (tertiary/aromatic N) is 3. The fourth-order valence-corrected chi connectivity index (χ4v) is 2.95. The summed E-state index contributed by atoms with van der Waals surface area (Å²) >= 11 is 6.20. The Kier molecular flexibility index (Phi) is 3.87. The average molecular weight is 254 g/mol. The first-order valence-corrected chi connectivity index (χ1v) is 6.72. The van der Waals surface area contributed by atoms with E-state index in [2.05, 4.69) is 35.8 Å². The van der Waals surface area contributed by atoms with E-state index in [-0.39, 0.29) is 0 Å². The zero-order valence-electron chi connectivity index (χ0n) is 10.8. The van der Waals surface area contributed by atoms with Gasteiger partial charge in [0.05, 0.1) is 0 Å². The van der Waals surface area contributed by atoms with Crippen molar-refractivity contribution in [2.75, 3.05) is 11.9 Å². The second kappa shape index (κ2) is 5.21. The number of hydrogen-bond acceptors (Lipinski definition) is 3. The van der Waals surface area contributed by atoms with Gasteiger partial charge in [-0.3, -0.25) is 0 Å². The van der Waals surface area contributed by atoms with E-state index in [0.717, 1.165) is 11.4 Å².